The standard InChI is InChI=1S/C20H31NO3S/c1-7-14(5)18(22)21-19-16(20(23)24-8-2)12-17(25-19)15(6)11-9-10-13(3)4/h10,12,14-15H,7-9,11H2,1-6H3,(H,21,22)/t14-,15+/m1/s1. The van der Waals surface area contributed by atoms with Crippen LogP contribution in [0.15, 0.2) is 17.7 Å². The number of hydrogen-bond acceptors (Lipinski definition) is 4. The van der Waals surface area contributed by atoms with E-state index in [1.165, 1.54) is 16.9 Å². The van der Waals surface area contributed by atoms with Crippen LogP contribution in [0.5, 0.6) is 0 Å². The minimum Gasteiger partial charge on any atom is -0.462 e. The number of esters is 1. The fourth-order valence-electron chi connectivity index (χ4n) is 2.29. The third kappa shape index (κ3) is 6.65. The first kappa shape index (κ1) is 21.4. The molecule has 0 bridgehead atoms. The molecule has 0 radical (unpaired) electrons. The Bertz CT molecular complexity index is 614. The van der Waals surface area contributed by atoms with Crippen molar-refractivity contribution in [3.05, 3.63) is 28.2 Å². The largest absolute Gasteiger partial charge is 0.462 e. The van der Waals surface area contributed by atoms with Crippen LogP contribution in [0.3, 0.4) is 0 Å². The Morgan fingerprint density at radius 2 is 1.96 bits per heavy atom. The second-order valence-electron chi connectivity index (χ2n) is 6.67. The van der Waals surface area contributed by atoms with E-state index in [1.54, 1.807) is 6.92 Å². The van der Waals surface area contributed by atoms with Crippen molar-refractivity contribution in [2.45, 2.75) is 66.7 Å². The van der Waals surface area contributed by atoms with Crippen molar-refractivity contribution in [3.8, 4) is 0 Å². The fourth-order valence-corrected chi connectivity index (χ4v) is 3.43. The van der Waals surface area contributed by atoms with Gasteiger partial charge in [0.1, 0.15) is 5.00 Å². The molecule has 2 atom stereocenters. The number of amides is 1. The summed E-state index contributed by atoms with van der Waals surface area (Å²) in [5.41, 5.74) is 1.78. The van der Waals surface area contributed by atoms with Crippen molar-refractivity contribution in [2.24, 2.45) is 5.92 Å². The second-order valence-corrected chi connectivity index (χ2v) is 7.75. The van der Waals surface area contributed by atoms with Crippen molar-refractivity contribution in [2.75, 3.05) is 11.9 Å². The summed E-state index contributed by atoms with van der Waals surface area (Å²) in [5, 5.41) is 3.52. The molecule has 1 heterocycles. The van der Waals surface area contributed by atoms with E-state index in [-0.39, 0.29) is 17.8 Å². The number of allylic oxidation sites excluding steroid dienone is 2. The molecule has 0 aliphatic carbocycles. The van der Waals surface area contributed by atoms with Crippen LogP contribution in [0.1, 0.15) is 82.0 Å². The smallest absolute Gasteiger partial charge is 0.341 e. The third-order valence-electron chi connectivity index (χ3n) is 4.18. The Labute approximate surface area is 155 Å². The highest BCUT2D eigenvalue weighted by molar-refractivity contribution is 7.16. The fraction of sp³-hybridized carbons (Fsp3) is 0.600. The number of ether oxygens (including phenoxy) is 1. The number of nitrogens with one attached hydrogen (secondary N) is 1. The summed E-state index contributed by atoms with van der Waals surface area (Å²) in [5.74, 6) is -0.196. The van der Waals surface area contributed by atoms with Gasteiger partial charge in [-0.05, 0) is 52.0 Å². The highest BCUT2D eigenvalue weighted by Crippen LogP contribution is 2.35. The second kappa shape index (κ2) is 10.4. The molecule has 0 fully saturated rings. The number of anilines is 1. The lowest BCUT2D eigenvalue weighted by molar-refractivity contribution is -0.119. The highest BCUT2D eigenvalue weighted by atomic mass is 32.1. The summed E-state index contributed by atoms with van der Waals surface area (Å²) in [6.07, 6.45) is 5.00. The van der Waals surface area contributed by atoms with E-state index in [2.05, 4.69) is 32.2 Å². The van der Waals surface area contributed by atoms with E-state index in [0.29, 0.717) is 23.1 Å². The van der Waals surface area contributed by atoms with E-state index in [0.717, 1.165) is 24.1 Å². The number of carbonyl (C=O) groups is 2. The van der Waals surface area contributed by atoms with Gasteiger partial charge in [-0.25, -0.2) is 4.79 Å². The number of thiophene rings is 1. The Kier molecular flexibility index (Phi) is 8.90. The zero-order valence-corrected chi connectivity index (χ0v) is 17.1. The van der Waals surface area contributed by atoms with Gasteiger partial charge in [-0.3, -0.25) is 4.79 Å². The maximum atomic E-state index is 12.2. The first-order chi connectivity index (χ1) is 11.8. The molecule has 1 aromatic rings. The van der Waals surface area contributed by atoms with Crippen LogP contribution < -0.4 is 5.32 Å². The number of carbonyl (C=O) groups excluding carboxylic acids is 2. The van der Waals surface area contributed by atoms with E-state index in [1.807, 2.05) is 19.9 Å². The van der Waals surface area contributed by atoms with Crippen LogP contribution in [-0.2, 0) is 9.53 Å². The van der Waals surface area contributed by atoms with Gasteiger partial charge in [-0.1, -0.05) is 32.4 Å². The summed E-state index contributed by atoms with van der Waals surface area (Å²) in [7, 11) is 0. The van der Waals surface area contributed by atoms with Gasteiger partial charge in [0, 0.05) is 10.8 Å². The molecule has 4 nitrogen and oxygen atoms in total. The molecule has 0 saturated heterocycles. The molecule has 1 aromatic heterocycles. The zero-order chi connectivity index (χ0) is 19.0. The molecule has 0 aliphatic heterocycles. The van der Waals surface area contributed by atoms with Gasteiger partial charge in [-0.2, -0.15) is 0 Å². The van der Waals surface area contributed by atoms with Crippen molar-refractivity contribution >= 4 is 28.2 Å². The highest BCUT2D eigenvalue weighted by Gasteiger charge is 2.22. The molecular weight excluding hydrogens is 334 g/mol. The summed E-state index contributed by atoms with van der Waals surface area (Å²) in [6, 6.07) is 1.88. The topological polar surface area (TPSA) is 55.4 Å². The predicted molar refractivity (Wildman–Crippen MR) is 105 cm³/mol. The average Bonchev–Trinajstić information content (AvgIpc) is 2.97. The summed E-state index contributed by atoms with van der Waals surface area (Å²) >= 11 is 1.48. The van der Waals surface area contributed by atoms with Crippen molar-refractivity contribution in [1.29, 1.82) is 0 Å². The summed E-state index contributed by atoms with van der Waals surface area (Å²) in [4.78, 5) is 25.6. The molecule has 0 aliphatic rings. The molecule has 1 N–H and O–H groups in total. The molecule has 25 heavy (non-hydrogen) atoms. The lowest BCUT2D eigenvalue weighted by Crippen LogP contribution is -2.20. The normalized spacial score (nSPS) is 13.0. The van der Waals surface area contributed by atoms with Crippen molar-refractivity contribution < 1.29 is 14.3 Å². The number of hydrogen-bond donors (Lipinski definition) is 1. The van der Waals surface area contributed by atoms with Crippen LogP contribution in [0.4, 0.5) is 5.00 Å². The van der Waals surface area contributed by atoms with Gasteiger partial charge in [0.25, 0.3) is 0 Å². The van der Waals surface area contributed by atoms with Gasteiger partial charge < -0.3 is 10.1 Å². The van der Waals surface area contributed by atoms with Gasteiger partial charge in [0.05, 0.1) is 12.2 Å². The first-order valence-electron chi connectivity index (χ1n) is 9.05. The van der Waals surface area contributed by atoms with Crippen LogP contribution in [0.2, 0.25) is 0 Å². The van der Waals surface area contributed by atoms with E-state index in [4.69, 9.17) is 4.74 Å². The summed E-state index contributed by atoms with van der Waals surface area (Å²) in [6.45, 7) is 12.3. The van der Waals surface area contributed by atoms with Crippen LogP contribution in [0.25, 0.3) is 0 Å². The Morgan fingerprint density at radius 1 is 1.28 bits per heavy atom. The molecule has 5 heteroatoms. The van der Waals surface area contributed by atoms with Gasteiger partial charge in [-0.15, -0.1) is 11.3 Å². The maximum Gasteiger partial charge on any atom is 0.341 e. The van der Waals surface area contributed by atoms with Crippen LogP contribution >= 0.6 is 11.3 Å². The van der Waals surface area contributed by atoms with E-state index >= 15 is 0 Å². The van der Waals surface area contributed by atoms with Gasteiger partial charge >= 0.3 is 5.97 Å². The van der Waals surface area contributed by atoms with E-state index in [9.17, 15) is 9.59 Å². The minimum absolute atomic E-state index is 0.0568. The monoisotopic (exact) mass is 365 g/mol. The lowest BCUT2D eigenvalue weighted by Gasteiger charge is -2.10. The molecule has 0 spiro atoms. The Hall–Kier alpha value is -1.62. The molecule has 0 saturated carbocycles. The van der Waals surface area contributed by atoms with E-state index < -0.39 is 0 Å². The van der Waals surface area contributed by atoms with Gasteiger partial charge in [0.15, 0.2) is 0 Å². The maximum absolute atomic E-state index is 12.2. The molecule has 1 rings (SSSR count). The van der Waals surface area contributed by atoms with Crippen molar-refractivity contribution in [1.82, 2.24) is 0 Å². The Balaban J connectivity index is 3.00. The number of rotatable bonds is 9. The quantitative estimate of drug-likeness (QED) is 0.447. The van der Waals surface area contributed by atoms with Gasteiger partial charge in [0.2, 0.25) is 5.91 Å². The van der Waals surface area contributed by atoms with Crippen LogP contribution in [-0.4, -0.2) is 18.5 Å². The molecule has 0 unspecified atom stereocenters. The Morgan fingerprint density at radius 3 is 2.52 bits per heavy atom. The minimum atomic E-state index is -0.374. The first-order valence-corrected chi connectivity index (χ1v) is 9.86. The van der Waals surface area contributed by atoms with Crippen LogP contribution in [0, 0.1) is 5.92 Å². The SMILES string of the molecule is CCOC(=O)c1cc([C@@H](C)CCC=C(C)C)sc1NC(=O)[C@H](C)CC. The molecule has 1 amide bonds. The molecule has 140 valence electrons. The molecule has 0 aromatic carbocycles. The average molecular weight is 366 g/mol. The molecular formula is C20H31NO3S. The lowest BCUT2D eigenvalue weighted by atomic mass is 10.0. The summed E-state index contributed by atoms with van der Waals surface area (Å²) < 4.78 is 5.15. The predicted octanol–water partition coefficient (Wildman–Crippen LogP) is 5.76. The third-order valence-corrected chi connectivity index (χ3v) is 5.46. The van der Waals surface area contributed by atoms with Crippen molar-refractivity contribution in [3.63, 3.8) is 0 Å². The zero-order valence-electron chi connectivity index (χ0n) is 16.3.